The lowest BCUT2D eigenvalue weighted by atomic mass is 10.0. The molecule has 0 saturated heterocycles. The van der Waals surface area contributed by atoms with Crippen LogP contribution >= 0.6 is 0 Å². The van der Waals surface area contributed by atoms with Crippen LogP contribution in [0, 0.1) is 5.82 Å². The fourth-order valence-corrected chi connectivity index (χ4v) is 6.97. The Bertz CT molecular complexity index is 988. The number of benzene rings is 1. The van der Waals surface area contributed by atoms with Gasteiger partial charge in [-0.15, -0.1) is 9.45 Å². The Morgan fingerprint density at radius 1 is 1.19 bits per heavy atom. The molecule has 3 atom stereocenters. The van der Waals surface area contributed by atoms with Gasteiger partial charge in [0.1, 0.15) is 0 Å². The van der Waals surface area contributed by atoms with E-state index in [-0.39, 0.29) is 21.4 Å². The van der Waals surface area contributed by atoms with Gasteiger partial charge in [0.25, 0.3) is 0 Å². The van der Waals surface area contributed by atoms with Crippen LogP contribution in [0.1, 0.15) is 94.4 Å². The summed E-state index contributed by atoms with van der Waals surface area (Å²) in [4.78, 5) is 0. The molecular weight excluding hydrogens is 491 g/mol. The standard InChI is InChI=1S/C18H20FN3OS2.C6H13N.C4H10/c1-2-23-13-5-3-11(7-13)16-8-17(22-21-16)20-15-6-4-12-9-25(24)10-14(12)18(15)19;1-7-6-4-2-3-5-6;1-3-4-2/h2,4,6,8,11,13H,1,3,5,7,9-10H2,(H2,20,21,22);6-7H,2-5H2,1H3;3-4H2,1-2H3. The van der Waals surface area contributed by atoms with E-state index in [1.807, 2.05) is 12.1 Å². The summed E-state index contributed by atoms with van der Waals surface area (Å²) in [6.07, 6.45) is 13.1. The molecule has 0 amide bonds. The number of aromatic amines is 1. The molecule has 2 saturated carbocycles. The van der Waals surface area contributed by atoms with Crippen LogP contribution in [0.15, 0.2) is 31.0 Å². The molecule has 0 bridgehead atoms. The summed E-state index contributed by atoms with van der Waals surface area (Å²) in [7, 11) is 1.89. The minimum atomic E-state index is -0.192. The van der Waals surface area contributed by atoms with Crippen LogP contribution in [0.25, 0.3) is 0 Å². The van der Waals surface area contributed by atoms with E-state index in [1.165, 1.54) is 44.8 Å². The molecule has 5 nitrogen and oxygen atoms in total. The smallest absolute Gasteiger partial charge is 0.152 e. The zero-order valence-corrected chi connectivity index (χ0v) is 23.7. The normalized spacial score (nSPS) is 22.7. The van der Waals surface area contributed by atoms with Gasteiger partial charge in [0, 0.05) is 40.8 Å². The minimum absolute atomic E-state index is 0.162. The highest BCUT2D eigenvalue weighted by atomic mass is 32.8. The molecule has 1 aromatic carbocycles. The molecule has 0 radical (unpaired) electrons. The van der Waals surface area contributed by atoms with Crippen LogP contribution in [0.5, 0.6) is 0 Å². The predicted molar refractivity (Wildman–Crippen MR) is 154 cm³/mol. The number of anilines is 2. The highest BCUT2D eigenvalue weighted by molar-refractivity contribution is 8.28. The third-order valence-electron chi connectivity index (χ3n) is 7.20. The quantitative estimate of drug-likeness (QED) is 0.330. The monoisotopic (exact) mass is 534 g/mol. The number of H-pyrrole nitrogens is 1. The van der Waals surface area contributed by atoms with E-state index in [4.69, 9.17) is 15.9 Å². The van der Waals surface area contributed by atoms with Crippen LogP contribution < -0.4 is 10.6 Å². The Hall–Kier alpha value is -1.77. The van der Waals surface area contributed by atoms with Crippen molar-refractivity contribution in [3.05, 3.63) is 53.7 Å². The second-order valence-corrected chi connectivity index (χ2v) is 12.7. The first-order valence-electron chi connectivity index (χ1n) is 13.4. The molecule has 8 heteroatoms. The van der Waals surface area contributed by atoms with Gasteiger partial charge in [0.15, 0.2) is 11.6 Å². The Morgan fingerprint density at radius 3 is 2.58 bits per heavy atom. The SMILES string of the molecule is C=COC1CCC(c2cc(Nc3ccc4c(c3F)CS(=S)C4)n[nH]2)C1.CCCC.CNC1CCCC1. The maximum atomic E-state index is 14.7. The number of aromatic nitrogens is 2. The van der Waals surface area contributed by atoms with Crippen molar-refractivity contribution in [2.75, 3.05) is 12.4 Å². The van der Waals surface area contributed by atoms with E-state index in [2.05, 4.69) is 48.3 Å². The van der Waals surface area contributed by atoms with Gasteiger partial charge in [0.2, 0.25) is 0 Å². The number of hydrogen-bond acceptors (Lipinski definition) is 5. The Labute approximate surface area is 223 Å². The molecule has 1 aliphatic heterocycles. The van der Waals surface area contributed by atoms with Crippen LogP contribution in [0.3, 0.4) is 0 Å². The van der Waals surface area contributed by atoms with E-state index in [0.29, 0.717) is 23.2 Å². The van der Waals surface area contributed by atoms with Crippen LogP contribution in [0.4, 0.5) is 15.9 Å². The first-order valence-corrected chi connectivity index (χ1v) is 15.9. The number of hydrogen-bond donors (Lipinski definition) is 3. The van der Waals surface area contributed by atoms with Gasteiger partial charge < -0.3 is 15.4 Å². The van der Waals surface area contributed by atoms with Crippen LogP contribution in [0.2, 0.25) is 0 Å². The first kappa shape index (κ1) is 28.8. The fraction of sp³-hybridized carbons (Fsp3) is 0.607. The predicted octanol–water partition coefficient (Wildman–Crippen LogP) is 7.14. The van der Waals surface area contributed by atoms with Gasteiger partial charge in [-0.1, -0.05) is 63.4 Å². The molecular formula is C28H43FN4OS2. The average Bonchev–Trinajstić information content (AvgIpc) is 3.69. The Balaban J connectivity index is 0.000000274. The van der Waals surface area contributed by atoms with Crippen molar-refractivity contribution >= 4 is 32.1 Å². The zero-order valence-electron chi connectivity index (χ0n) is 22.1. The van der Waals surface area contributed by atoms with Crippen molar-refractivity contribution in [3.63, 3.8) is 0 Å². The number of fused-ring (bicyclic) bond motifs is 1. The molecule has 1 aromatic heterocycles. The molecule has 3 N–H and O–H groups in total. The molecule has 3 unspecified atom stereocenters. The third-order valence-corrected chi connectivity index (χ3v) is 9.15. The molecule has 200 valence electrons. The molecule has 0 spiro atoms. The van der Waals surface area contributed by atoms with E-state index in [9.17, 15) is 4.39 Å². The molecule has 2 aliphatic carbocycles. The number of rotatable bonds is 7. The summed E-state index contributed by atoms with van der Waals surface area (Å²) in [5, 5.41) is 13.7. The third kappa shape index (κ3) is 8.12. The van der Waals surface area contributed by atoms with Gasteiger partial charge in [0.05, 0.1) is 18.1 Å². The van der Waals surface area contributed by atoms with Gasteiger partial charge >= 0.3 is 0 Å². The lowest BCUT2D eigenvalue weighted by molar-refractivity contribution is 0.150. The zero-order chi connectivity index (χ0) is 25.9. The van der Waals surface area contributed by atoms with E-state index >= 15 is 0 Å². The van der Waals surface area contributed by atoms with Crippen molar-refractivity contribution in [2.24, 2.45) is 0 Å². The topological polar surface area (TPSA) is 62.0 Å². The van der Waals surface area contributed by atoms with Crippen LogP contribution in [-0.2, 0) is 36.9 Å². The van der Waals surface area contributed by atoms with Gasteiger partial charge in [-0.2, -0.15) is 5.10 Å². The minimum Gasteiger partial charge on any atom is -0.499 e. The number of unbranched alkanes of at least 4 members (excludes halogenated alkanes) is 1. The lowest BCUT2D eigenvalue weighted by Gasteiger charge is -2.09. The van der Waals surface area contributed by atoms with Crippen molar-refractivity contribution in [2.45, 2.75) is 101 Å². The molecule has 2 heterocycles. The number of ether oxygens (including phenoxy) is 1. The maximum Gasteiger partial charge on any atom is 0.152 e. The highest BCUT2D eigenvalue weighted by Gasteiger charge is 2.28. The second kappa shape index (κ2) is 14.8. The Kier molecular flexibility index (Phi) is 11.9. The Morgan fingerprint density at radius 2 is 1.94 bits per heavy atom. The van der Waals surface area contributed by atoms with E-state index < -0.39 is 0 Å². The molecule has 2 fully saturated rings. The summed E-state index contributed by atoms with van der Waals surface area (Å²) < 4.78 is 20.2. The van der Waals surface area contributed by atoms with Gasteiger partial charge in [-0.3, -0.25) is 5.10 Å². The average molecular weight is 535 g/mol. The van der Waals surface area contributed by atoms with E-state index in [1.54, 1.807) is 6.07 Å². The van der Waals surface area contributed by atoms with Crippen molar-refractivity contribution in [1.82, 2.24) is 15.5 Å². The molecule has 5 rings (SSSR count). The largest absolute Gasteiger partial charge is 0.499 e. The number of nitrogens with zero attached hydrogens (tertiary/aromatic N) is 1. The van der Waals surface area contributed by atoms with Crippen molar-refractivity contribution < 1.29 is 9.13 Å². The number of halogens is 1. The van der Waals surface area contributed by atoms with E-state index in [0.717, 1.165) is 47.9 Å². The molecule has 36 heavy (non-hydrogen) atoms. The highest BCUT2D eigenvalue weighted by Crippen LogP contribution is 2.36. The molecule has 2 aromatic rings. The van der Waals surface area contributed by atoms with Gasteiger partial charge in [-0.25, -0.2) is 4.39 Å². The van der Waals surface area contributed by atoms with Crippen LogP contribution in [-0.4, -0.2) is 29.4 Å². The molecule has 3 aliphatic rings. The summed E-state index contributed by atoms with van der Waals surface area (Å²) in [5.74, 6) is 2.30. The van der Waals surface area contributed by atoms with Gasteiger partial charge in [-0.05, 0) is 50.8 Å². The summed E-state index contributed by atoms with van der Waals surface area (Å²) in [6, 6.07) is 6.57. The van der Waals surface area contributed by atoms with Crippen molar-refractivity contribution in [1.29, 1.82) is 0 Å². The fourth-order valence-electron chi connectivity index (χ4n) is 4.88. The maximum absolute atomic E-state index is 14.7. The number of nitrogens with one attached hydrogen (secondary N) is 3. The first-order chi connectivity index (χ1) is 17.5. The summed E-state index contributed by atoms with van der Waals surface area (Å²) >= 11 is 5.34. The lowest BCUT2D eigenvalue weighted by Crippen LogP contribution is -2.20. The second-order valence-electron chi connectivity index (χ2n) is 9.83. The summed E-state index contributed by atoms with van der Waals surface area (Å²) in [5.41, 5.74) is 3.33. The van der Waals surface area contributed by atoms with Crippen molar-refractivity contribution in [3.8, 4) is 0 Å². The summed E-state index contributed by atoms with van der Waals surface area (Å²) in [6.45, 7) is 7.98.